The van der Waals surface area contributed by atoms with Crippen LogP contribution in [0.25, 0.3) is 0 Å². The van der Waals surface area contributed by atoms with Gasteiger partial charge in [-0.1, -0.05) is 55.3 Å². The molecule has 5 nitrogen and oxygen atoms in total. The Kier molecular flexibility index (Phi) is 6.97. The summed E-state index contributed by atoms with van der Waals surface area (Å²) in [5, 5.41) is 2.43. The van der Waals surface area contributed by atoms with E-state index >= 15 is 0 Å². The van der Waals surface area contributed by atoms with Gasteiger partial charge in [-0.2, -0.15) is 0 Å². The maximum Gasteiger partial charge on any atom is 0.346 e. The minimum atomic E-state index is -0.330. The van der Waals surface area contributed by atoms with Crippen molar-refractivity contribution in [3.63, 3.8) is 0 Å². The zero-order valence-corrected chi connectivity index (χ0v) is 21.1. The first-order chi connectivity index (χ1) is 15.3. The summed E-state index contributed by atoms with van der Waals surface area (Å²) in [7, 11) is 1.64. The van der Waals surface area contributed by atoms with E-state index in [1.54, 1.807) is 7.11 Å². The molecule has 0 spiro atoms. The van der Waals surface area contributed by atoms with Gasteiger partial charge < -0.3 is 14.4 Å². The average Bonchev–Trinajstić information content (AvgIpc) is 3.29. The van der Waals surface area contributed by atoms with Gasteiger partial charge in [0.25, 0.3) is 0 Å². The van der Waals surface area contributed by atoms with Crippen LogP contribution >= 0.6 is 35.0 Å². The highest BCUT2D eigenvalue weighted by molar-refractivity contribution is 8.18. The standard InChI is InChI=1S/C24H28Cl2N2O3S/c1-5-31-22(29)20-18(13-30-4)28-19(17-7-6-16(26)12-14(17)2)21(27-23(28)32-20)24(3)10-8-15(25)9-11-24/h6-10,14,19,21H,5,11-13H2,1-4H3. The predicted molar refractivity (Wildman–Crippen MR) is 132 cm³/mol. The van der Waals surface area contributed by atoms with Gasteiger partial charge in [-0.15, -0.1) is 0 Å². The number of esters is 1. The molecular formula is C24H28Cl2N2O3S. The summed E-state index contributed by atoms with van der Waals surface area (Å²) >= 11 is 14.0. The molecule has 0 saturated carbocycles. The molecule has 0 saturated heterocycles. The molecule has 32 heavy (non-hydrogen) atoms. The summed E-state index contributed by atoms with van der Waals surface area (Å²) in [6.07, 6.45) is 11.9. The summed E-state index contributed by atoms with van der Waals surface area (Å²) in [6, 6.07) is -0.0950. The van der Waals surface area contributed by atoms with E-state index in [0.29, 0.717) is 18.1 Å². The number of nitrogens with zero attached hydrogens (tertiary/aromatic N) is 2. The molecule has 0 radical (unpaired) electrons. The largest absolute Gasteiger partial charge is 0.462 e. The number of allylic oxidation sites excluding steroid dienone is 6. The van der Waals surface area contributed by atoms with Crippen LogP contribution in [0.15, 0.2) is 61.6 Å². The fourth-order valence-corrected chi connectivity index (χ4v) is 6.28. The Labute approximate surface area is 203 Å². The molecule has 0 fully saturated rings. The first-order valence-electron chi connectivity index (χ1n) is 10.8. The molecule has 0 bridgehead atoms. The molecule has 0 aromatic heterocycles. The van der Waals surface area contributed by atoms with Crippen LogP contribution in [-0.2, 0) is 14.3 Å². The summed E-state index contributed by atoms with van der Waals surface area (Å²) in [5.74, 6) is -0.0747. The number of carbonyl (C=O) groups is 1. The van der Waals surface area contributed by atoms with Gasteiger partial charge >= 0.3 is 5.97 Å². The molecule has 2 heterocycles. The van der Waals surface area contributed by atoms with E-state index in [2.05, 4.69) is 37.0 Å². The van der Waals surface area contributed by atoms with Gasteiger partial charge in [-0.05, 0) is 55.2 Å². The van der Waals surface area contributed by atoms with Gasteiger partial charge in [-0.3, -0.25) is 4.99 Å². The summed E-state index contributed by atoms with van der Waals surface area (Å²) in [5.41, 5.74) is 1.86. The normalized spacial score (nSPS) is 31.8. The summed E-state index contributed by atoms with van der Waals surface area (Å²) < 4.78 is 10.9. The second kappa shape index (κ2) is 9.41. The molecule has 172 valence electrons. The SMILES string of the molecule is CCOC(=O)C1=C(COC)N2C(=NC(C3(C)C=CC(Cl)=CC3)C2C2=CC=C(Cl)CC2C)S1. The van der Waals surface area contributed by atoms with Crippen LogP contribution in [0.4, 0.5) is 0 Å². The molecule has 0 amide bonds. The predicted octanol–water partition coefficient (Wildman–Crippen LogP) is 5.74. The van der Waals surface area contributed by atoms with Crippen molar-refractivity contribution in [2.75, 3.05) is 20.3 Å². The fourth-order valence-electron chi connectivity index (χ4n) is 4.76. The van der Waals surface area contributed by atoms with Gasteiger partial charge in [0.2, 0.25) is 0 Å². The van der Waals surface area contributed by atoms with Crippen LogP contribution < -0.4 is 0 Å². The zero-order chi connectivity index (χ0) is 23.0. The van der Waals surface area contributed by atoms with E-state index in [1.807, 2.05) is 19.1 Å². The van der Waals surface area contributed by atoms with Crippen molar-refractivity contribution < 1.29 is 14.3 Å². The van der Waals surface area contributed by atoms with Crippen LogP contribution in [0.5, 0.6) is 0 Å². The third kappa shape index (κ3) is 4.23. The van der Waals surface area contributed by atoms with E-state index in [9.17, 15) is 4.79 Å². The van der Waals surface area contributed by atoms with Crippen molar-refractivity contribution in [3.8, 4) is 0 Å². The average molecular weight is 495 g/mol. The lowest BCUT2D eigenvalue weighted by molar-refractivity contribution is -0.137. The highest BCUT2D eigenvalue weighted by Crippen LogP contribution is 2.51. The Morgan fingerprint density at radius 3 is 2.78 bits per heavy atom. The number of methoxy groups -OCH3 is 1. The maximum atomic E-state index is 12.7. The van der Waals surface area contributed by atoms with Gasteiger partial charge in [0.05, 0.1) is 31.0 Å². The third-order valence-electron chi connectivity index (χ3n) is 6.43. The van der Waals surface area contributed by atoms with E-state index in [0.717, 1.165) is 33.8 Å². The molecule has 0 aromatic rings. The van der Waals surface area contributed by atoms with Gasteiger partial charge in [-0.25, -0.2) is 4.79 Å². The van der Waals surface area contributed by atoms with Crippen molar-refractivity contribution in [2.24, 2.45) is 16.3 Å². The molecule has 2 aliphatic heterocycles. The Morgan fingerprint density at radius 2 is 2.16 bits per heavy atom. The number of hydrogen-bond acceptors (Lipinski definition) is 6. The molecule has 8 heteroatoms. The Bertz CT molecular complexity index is 997. The number of carbonyl (C=O) groups excluding carboxylic acids is 1. The minimum Gasteiger partial charge on any atom is -0.462 e. The summed E-state index contributed by atoms with van der Waals surface area (Å²) in [4.78, 5) is 20.7. The number of rotatable bonds is 6. The van der Waals surface area contributed by atoms with Crippen LogP contribution in [0, 0.1) is 11.3 Å². The lowest BCUT2D eigenvalue weighted by Crippen LogP contribution is -2.47. The minimum absolute atomic E-state index is 0.0446. The zero-order valence-electron chi connectivity index (χ0n) is 18.7. The molecule has 4 unspecified atom stereocenters. The summed E-state index contributed by atoms with van der Waals surface area (Å²) in [6.45, 7) is 6.86. The molecule has 0 aromatic carbocycles. The lowest BCUT2D eigenvalue weighted by Gasteiger charge is -2.41. The van der Waals surface area contributed by atoms with Crippen molar-refractivity contribution in [1.82, 2.24) is 4.90 Å². The molecular weight excluding hydrogens is 467 g/mol. The van der Waals surface area contributed by atoms with Crippen LogP contribution in [0.2, 0.25) is 0 Å². The number of halogens is 2. The smallest absolute Gasteiger partial charge is 0.346 e. The first kappa shape index (κ1) is 23.7. The van der Waals surface area contributed by atoms with E-state index in [-0.39, 0.29) is 29.4 Å². The van der Waals surface area contributed by atoms with Crippen molar-refractivity contribution >= 4 is 46.1 Å². The van der Waals surface area contributed by atoms with Crippen LogP contribution in [0.1, 0.15) is 33.6 Å². The van der Waals surface area contributed by atoms with Crippen LogP contribution in [0.3, 0.4) is 0 Å². The highest BCUT2D eigenvalue weighted by atomic mass is 35.5. The number of fused-ring (bicyclic) bond motifs is 1. The molecule has 4 aliphatic rings. The molecule has 0 N–H and O–H groups in total. The molecule has 2 aliphatic carbocycles. The topological polar surface area (TPSA) is 51.1 Å². The van der Waals surface area contributed by atoms with E-state index < -0.39 is 0 Å². The lowest BCUT2D eigenvalue weighted by atomic mass is 9.71. The molecule has 4 rings (SSSR count). The van der Waals surface area contributed by atoms with Crippen molar-refractivity contribution in [1.29, 1.82) is 0 Å². The first-order valence-corrected chi connectivity index (χ1v) is 12.4. The van der Waals surface area contributed by atoms with E-state index in [1.165, 1.54) is 17.3 Å². The monoisotopic (exact) mass is 494 g/mol. The number of hydrogen-bond donors (Lipinski definition) is 0. The van der Waals surface area contributed by atoms with E-state index in [4.69, 9.17) is 37.7 Å². The van der Waals surface area contributed by atoms with Crippen LogP contribution in [-0.4, -0.2) is 48.4 Å². The second-order valence-electron chi connectivity index (χ2n) is 8.72. The highest BCUT2D eigenvalue weighted by Gasteiger charge is 2.52. The van der Waals surface area contributed by atoms with Gasteiger partial charge in [0, 0.05) is 22.6 Å². The third-order valence-corrected chi connectivity index (χ3v) is 8.08. The second-order valence-corrected chi connectivity index (χ2v) is 10.6. The quantitative estimate of drug-likeness (QED) is 0.440. The van der Waals surface area contributed by atoms with Gasteiger partial charge in [0.1, 0.15) is 4.91 Å². The Morgan fingerprint density at radius 1 is 1.38 bits per heavy atom. The maximum absolute atomic E-state index is 12.7. The number of aliphatic imine (C=N–C) groups is 1. The number of ether oxygens (including phenoxy) is 2. The molecule has 4 atom stereocenters. The Hall–Kier alpha value is -1.47. The Balaban J connectivity index is 1.80. The fraction of sp³-hybridized carbons (Fsp3) is 0.500. The number of amidine groups is 1. The van der Waals surface area contributed by atoms with Gasteiger partial charge in [0.15, 0.2) is 5.17 Å². The number of thioether (sulfide) groups is 1. The van der Waals surface area contributed by atoms with Crippen molar-refractivity contribution in [3.05, 3.63) is 56.6 Å². The van der Waals surface area contributed by atoms with Crippen molar-refractivity contribution in [2.45, 2.75) is 45.7 Å².